The topological polar surface area (TPSA) is 25.8 Å². The third-order valence-corrected chi connectivity index (χ3v) is 2.44. The molecule has 1 rings (SSSR count). The molecule has 0 spiro atoms. The average molecular weight is 271 g/mol. The molecule has 0 aromatic carbocycles. The standard InChI is InChI=1S/C12H19BrN2/c1-8(2)6-9-7-10(13)15-11(14-9)12(3,4)5/h7-8H,6H2,1-5H3. The molecule has 1 aromatic heterocycles. The highest BCUT2D eigenvalue weighted by Crippen LogP contribution is 2.21. The van der Waals surface area contributed by atoms with Gasteiger partial charge in [0, 0.05) is 11.1 Å². The van der Waals surface area contributed by atoms with Crippen LogP contribution in [0.5, 0.6) is 0 Å². The minimum atomic E-state index is 0.00943. The minimum Gasteiger partial charge on any atom is -0.237 e. The van der Waals surface area contributed by atoms with Gasteiger partial charge >= 0.3 is 0 Å². The molecule has 0 atom stereocenters. The molecule has 2 nitrogen and oxygen atoms in total. The van der Waals surface area contributed by atoms with Crippen molar-refractivity contribution < 1.29 is 0 Å². The lowest BCUT2D eigenvalue weighted by molar-refractivity contribution is 0.533. The predicted molar refractivity (Wildman–Crippen MR) is 67.0 cm³/mol. The molecule has 0 saturated heterocycles. The lowest BCUT2D eigenvalue weighted by Crippen LogP contribution is -2.17. The molecule has 3 heteroatoms. The molecule has 0 radical (unpaired) electrons. The zero-order valence-corrected chi connectivity index (χ0v) is 11.7. The van der Waals surface area contributed by atoms with Gasteiger partial charge in [0.2, 0.25) is 0 Å². The highest BCUT2D eigenvalue weighted by Gasteiger charge is 2.18. The molecule has 0 unspecified atom stereocenters. The highest BCUT2D eigenvalue weighted by molar-refractivity contribution is 9.10. The van der Waals surface area contributed by atoms with Crippen LogP contribution in [0, 0.1) is 5.92 Å². The van der Waals surface area contributed by atoms with E-state index in [0.29, 0.717) is 5.92 Å². The van der Waals surface area contributed by atoms with E-state index in [9.17, 15) is 0 Å². The summed E-state index contributed by atoms with van der Waals surface area (Å²) in [6.07, 6.45) is 1.00. The van der Waals surface area contributed by atoms with Crippen molar-refractivity contribution in [2.45, 2.75) is 46.5 Å². The summed E-state index contributed by atoms with van der Waals surface area (Å²) in [6, 6.07) is 2.01. The van der Waals surface area contributed by atoms with Gasteiger partial charge in [-0.05, 0) is 34.3 Å². The van der Waals surface area contributed by atoms with Gasteiger partial charge in [0.05, 0.1) is 0 Å². The third-order valence-electron chi connectivity index (χ3n) is 2.04. The summed E-state index contributed by atoms with van der Waals surface area (Å²) in [5, 5.41) is 0. The molecule has 0 aliphatic rings. The fourth-order valence-electron chi connectivity index (χ4n) is 1.32. The highest BCUT2D eigenvalue weighted by atomic mass is 79.9. The molecule has 0 amide bonds. The molecule has 0 bridgehead atoms. The predicted octanol–water partition coefficient (Wildman–Crippen LogP) is 3.74. The van der Waals surface area contributed by atoms with Crippen molar-refractivity contribution in [1.82, 2.24) is 9.97 Å². The van der Waals surface area contributed by atoms with Gasteiger partial charge in [-0.1, -0.05) is 34.6 Å². The summed E-state index contributed by atoms with van der Waals surface area (Å²) in [6.45, 7) is 10.8. The van der Waals surface area contributed by atoms with E-state index in [-0.39, 0.29) is 5.41 Å². The van der Waals surface area contributed by atoms with Gasteiger partial charge in [-0.25, -0.2) is 9.97 Å². The van der Waals surface area contributed by atoms with Crippen LogP contribution in [0.4, 0.5) is 0 Å². The first-order valence-electron chi connectivity index (χ1n) is 5.33. The second-order valence-corrected chi connectivity index (χ2v) is 6.17. The smallest absolute Gasteiger partial charge is 0.135 e. The number of nitrogens with zero attached hydrogens (tertiary/aromatic N) is 2. The van der Waals surface area contributed by atoms with Crippen LogP contribution in [0.3, 0.4) is 0 Å². The van der Waals surface area contributed by atoms with E-state index in [1.54, 1.807) is 0 Å². The molecular formula is C12H19BrN2. The van der Waals surface area contributed by atoms with E-state index in [1.807, 2.05) is 6.07 Å². The Balaban J connectivity index is 3.06. The first-order valence-corrected chi connectivity index (χ1v) is 6.12. The van der Waals surface area contributed by atoms with Gasteiger partial charge in [0.1, 0.15) is 10.4 Å². The summed E-state index contributed by atoms with van der Waals surface area (Å²) in [4.78, 5) is 9.02. The van der Waals surface area contributed by atoms with E-state index in [1.165, 1.54) is 0 Å². The second kappa shape index (κ2) is 4.60. The maximum Gasteiger partial charge on any atom is 0.135 e. The third kappa shape index (κ3) is 3.90. The quantitative estimate of drug-likeness (QED) is 0.766. The summed E-state index contributed by atoms with van der Waals surface area (Å²) in [5.41, 5.74) is 1.13. The number of hydrogen-bond acceptors (Lipinski definition) is 2. The van der Waals surface area contributed by atoms with E-state index >= 15 is 0 Å². The Morgan fingerprint density at radius 1 is 1.27 bits per heavy atom. The summed E-state index contributed by atoms with van der Waals surface area (Å²) < 4.78 is 0.887. The Morgan fingerprint density at radius 3 is 2.33 bits per heavy atom. The van der Waals surface area contributed by atoms with Gasteiger partial charge < -0.3 is 0 Å². The summed E-state index contributed by atoms with van der Waals surface area (Å²) in [5.74, 6) is 1.53. The molecule has 0 aliphatic heterocycles. The summed E-state index contributed by atoms with van der Waals surface area (Å²) >= 11 is 3.44. The molecule has 1 aromatic rings. The van der Waals surface area contributed by atoms with Crippen LogP contribution in [-0.4, -0.2) is 9.97 Å². The molecule has 15 heavy (non-hydrogen) atoms. The molecule has 84 valence electrons. The molecule has 0 saturated carbocycles. The van der Waals surface area contributed by atoms with Crippen molar-refractivity contribution in [3.8, 4) is 0 Å². The lowest BCUT2D eigenvalue weighted by Gasteiger charge is -2.18. The van der Waals surface area contributed by atoms with Gasteiger partial charge in [-0.2, -0.15) is 0 Å². The Hall–Kier alpha value is -0.440. The Labute approximate surface area is 101 Å². The fraction of sp³-hybridized carbons (Fsp3) is 0.667. The van der Waals surface area contributed by atoms with Crippen LogP contribution in [0.1, 0.15) is 46.1 Å². The Kier molecular flexibility index (Phi) is 3.87. The molecular weight excluding hydrogens is 252 g/mol. The maximum atomic E-state index is 4.60. The minimum absolute atomic E-state index is 0.00943. The fourth-order valence-corrected chi connectivity index (χ4v) is 1.75. The van der Waals surface area contributed by atoms with Crippen molar-refractivity contribution in [2.24, 2.45) is 5.92 Å². The molecule has 0 aliphatic carbocycles. The first kappa shape index (κ1) is 12.6. The monoisotopic (exact) mass is 270 g/mol. The molecule has 1 heterocycles. The van der Waals surface area contributed by atoms with Gasteiger partial charge in [-0.3, -0.25) is 0 Å². The normalized spacial score (nSPS) is 12.2. The van der Waals surface area contributed by atoms with Crippen LogP contribution in [-0.2, 0) is 11.8 Å². The maximum absolute atomic E-state index is 4.60. The van der Waals surface area contributed by atoms with E-state index < -0.39 is 0 Å². The van der Waals surface area contributed by atoms with Gasteiger partial charge in [-0.15, -0.1) is 0 Å². The van der Waals surface area contributed by atoms with E-state index in [4.69, 9.17) is 0 Å². The van der Waals surface area contributed by atoms with Crippen molar-refractivity contribution in [3.05, 3.63) is 22.2 Å². The zero-order chi connectivity index (χ0) is 11.6. The molecule has 0 fully saturated rings. The SMILES string of the molecule is CC(C)Cc1cc(Br)nc(C(C)(C)C)n1. The largest absolute Gasteiger partial charge is 0.237 e. The number of aromatic nitrogens is 2. The molecule has 0 N–H and O–H groups in total. The van der Waals surface area contributed by atoms with Crippen LogP contribution in [0.15, 0.2) is 10.7 Å². The van der Waals surface area contributed by atoms with Crippen molar-refractivity contribution >= 4 is 15.9 Å². The second-order valence-electron chi connectivity index (χ2n) is 5.35. The number of halogens is 1. The van der Waals surface area contributed by atoms with Crippen molar-refractivity contribution in [2.75, 3.05) is 0 Å². The van der Waals surface area contributed by atoms with Crippen molar-refractivity contribution in [1.29, 1.82) is 0 Å². The first-order chi connectivity index (χ1) is 6.79. The van der Waals surface area contributed by atoms with Crippen molar-refractivity contribution in [3.63, 3.8) is 0 Å². The van der Waals surface area contributed by atoms with E-state index in [2.05, 4.69) is 60.5 Å². The van der Waals surface area contributed by atoms with Gasteiger partial charge in [0.25, 0.3) is 0 Å². The zero-order valence-electron chi connectivity index (χ0n) is 10.1. The van der Waals surface area contributed by atoms with Crippen LogP contribution in [0.25, 0.3) is 0 Å². The lowest BCUT2D eigenvalue weighted by atomic mass is 9.95. The van der Waals surface area contributed by atoms with Crippen LogP contribution < -0.4 is 0 Å². The van der Waals surface area contributed by atoms with E-state index in [0.717, 1.165) is 22.5 Å². The number of rotatable bonds is 2. The van der Waals surface area contributed by atoms with Gasteiger partial charge in [0.15, 0.2) is 0 Å². The van der Waals surface area contributed by atoms with Crippen LogP contribution >= 0.6 is 15.9 Å². The Morgan fingerprint density at radius 2 is 1.87 bits per heavy atom. The van der Waals surface area contributed by atoms with Crippen LogP contribution in [0.2, 0.25) is 0 Å². The summed E-state index contributed by atoms with van der Waals surface area (Å²) in [7, 11) is 0. The Bertz CT molecular complexity index is 340. The number of hydrogen-bond donors (Lipinski definition) is 0. The average Bonchev–Trinajstić information content (AvgIpc) is 1.99.